The van der Waals surface area contributed by atoms with Gasteiger partial charge in [0.25, 0.3) is 0 Å². The molecule has 0 spiro atoms. The van der Waals surface area contributed by atoms with E-state index in [2.05, 4.69) is 21.1 Å². The van der Waals surface area contributed by atoms with Crippen LogP contribution in [-0.4, -0.2) is 28.2 Å². The number of rotatable bonds is 4. The number of ether oxygens (including phenoxy) is 1. The lowest BCUT2D eigenvalue weighted by Gasteiger charge is -2.06. The number of hydrogen-bond donors (Lipinski definition) is 1. The summed E-state index contributed by atoms with van der Waals surface area (Å²) in [6.45, 7) is 3.59. The van der Waals surface area contributed by atoms with Gasteiger partial charge in [0.05, 0.1) is 18.3 Å². The molecule has 6 heteroatoms. The molecule has 0 aromatic carbocycles. The molecule has 0 amide bonds. The van der Waals surface area contributed by atoms with Gasteiger partial charge in [0, 0.05) is 5.33 Å². The van der Waals surface area contributed by atoms with E-state index in [4.69, 9.17) is 9.26 Å². The zero-order chi connectivity index (χ0) is 11.4. The lowest BCUT2D eigenvalue weighted by atomic mass is 10.1. The van der Waals surface area contributed by atoms with Crippen LogP contribution in [0.5, 0.6) is 0 Å². The highest BCUT2D eigenvalue weighted by Crippen LogP contribution is 2.23. The highest BCUT2D eigenvalue weighted by Gasteiger charge is 2.25. The monoisotopic (exact) mass is 277 g/mol. The predicted molar refractivity (Wildman–Crippen MR) is 56.0 cm³/mol. The standard InChI is InChI=1S/C9H12BrNO4/c1-3-14-9(13)8-7(6(12)4-10)5(2)15-11-8/h6,12H,3-4H2,1-2H3. The number of carbonyl (C=O) groups excluding carboxylic acids is 1. The van der Waals surface area contributed by atoms with E-state index < -0.39 is 12.1 Å². The molecule has 0 aliphatic carbocycles. The minimum absolute atomic E-state index is 0.0429. The third-order valence-electron chi connectivity index (χ3n) is 1.86. The van der Waals surface area contributed by atoms with Crippen molar-refractivity contribution in [2.24, 2.45) is 0 Å². The summed E-state index contributed by atoms with van der Waals surface area (Å²) in [4.78, 5) is 11.4. The molecule has 0 aliphatic heterocycles. The van der Waals surface area contributed by atoms with Gasteiger partial charge in [-0.3, -0.25) is 0 Å². The smallest absolute Gasteiger partial charge is 0.360 e. The van der Waals surface area contributed by atoms with Crippen LogP contribution in [0.1, 0.15) is 34.8 Å². The van der Waals surface area contributed by atoms with Crippen LogP contribution in [0.25, 0.3) is 0 Å². The largest absolute Gasteiger partial charge is 0.461 e. The Kier molecular flexibility index (Phi) is 4.28. The van der Waals surface area contributed by atoms with Gasteiger partial charge < -0.3 is 14.4 Å². The Morgan fingerprint density at radius 1 is 1.73 bits per heavy atom. The van der Waals surface area contributed by atoms with Gasteiger partial charge in [-0.15, -0.1) is 0 Å². The molecular weight excluding hydrogens is 266 g/mol. The number of aryl methyl sites for hydroxylation is 1. The van der Waals surface area contributed by atoms with Crippen LogP contribution in [0, 0.1) is 6.92 Å². The van der Waals surface area contributed by atoms with E-state index in [0.29, 0.717) is 16.7 Å². The van der Waals surface area contributed by atoms with Crippen LogP contribution in [0.15, 0.2) is 4.52 Å². The molecule has 0 radical (unpaired) electrons. The summed E-state index contributed by atoms with van der Waals surface area (Å²) in [5.41, 5.74) is 0.423. The van der Waals surface area contributed by atoms with Gasteiger partial charge in [0.2, 0.25) is 0 Å². The van der Waals surface area contributed by atoms with Crippen molar-refractivity contribution in [1.82, 2.24) is 5.16 Å². The Labute approximate surface area is 95.5 Å². The molecule has 1 aromatic rings. The van der Waals surface area contributed by atoms with E-state index in [1.165, 1.54) is 0 Å². The zero-order valence-electron chi connectivity index (χ0n) is 8.49. The second-order valence-electron chi connectivity index (χ2n) is 2.89. The first kappa shape index (κ1) is 12.2. The normalized spacial score (nSPS) is 12.5. The molecule has 1 N–H and O–H groups in total. The molecular formula is C9H12BrNO4. The van der Waals surface area contributed by atoms with Gasteiger partial charge in [-0.1, -0.05) is 21.1 Å². The van der Waals surface area contributed by atoms with E-state index in [-0.39, 0.29) is 12.3 Å². The van der Waals surface area contributed by atoms with E-state index in [1.807, 2.05) is 0 Å². The average Bonchev–Trinajstić information content (AvgIpc) is 2.59. The van der Waals surface area contributed by atoms with Gasteiger partial charge in [0.1, 0.15) is 5.76 Å². The molecule has 0 bridgehead atoms. The number of aliphatic hydroxyl groups excluding tert-OH is 1. The fraction of sp³-hybridized carbons (Fsp3) is 0.556. The second-order valence-corrected chi connectivity index (χ2v) is 3.54. The molecule has 0 aliphatic rings. The summed E-state index contributed by atoms with van der Waals surface area (Å²) in [6.07, 6.45) is -0.823. The maximum absolute atomic E-state index is 11.4. The van der Waals surface area contributed by atoms with E-state index >= 15 is 0 Å². The molecule has 1 rings (SSSR count). The first-order valence-electron chi connectivity index (χ1n) is 4.49. The summed E-state index contributed by atoms with van der Waals surface area (Å²) >= 11 is 3.12. The van der Waals surface area contributed by atoms with Crippen LogP contribution in [0.2, 0.25) is 0 Å². The maximum Gasteiger partial charge on any atom is 0.360 e. The summed E-state index contributed by atoms with van der Waals surface area (Å²) in [5.74, 6) is -0.158. The number of aliphatic hydroxyl groups is 1. The quantitative estimate of drug-likeness (QED) is 0.668. The van der Waals surface area contributed by atoms with Crippen LogP contribution >= 0.6 is 15.9 Å². The fourth-order valence-electron chi connectivity index (χ4n) is 1.20. The summed E-state index contributed by atoms with van der Waals surface area (Å²) < 4.78 is 9.64. The lowest BCUT2D eigenvalue weighted by Crippen LogP contribution is -2.11. The third kappa shape index (κ3) is 2.57. The molecule has 1 aromatic heterocycles. The van der Waals surface area contributed by atoms with Crippen molar-refractivity contribution in [1.29, 1.82) is 0 Å². The minimum Gasteiger partial charge on any atom is -0.461 e. The number of hydrogen-bond acceptors (Lipinski definition) is 5. The number of aromatic nitrogens is 1. The Hall–Kier alpha value is -0.880. The maximum atomic E-state index is 11.4. The van der Waals surface area contributed by atoms with Gasteiger partial charge >= 0.3 is 5.97 Å². The zero-order valence-corrected chi connectivity index (χ0v) is 10.1. The molecule has 1 heterocycles. The molecule has 0 saturated carbocycles. The first-order valence-corrected chi connectivity index (χ1v) is 5.61. The topological polar surface area (TPSA) is 72.6 Å². The Balaban J connectivity index is 3.03. The Morgan fingerprint density at radius 2 is 2.40 bits per heavy atom. The lowest BCUT2D eigenvalue weighted by molar-refractivity contribution is 0.0509. The highest BCUT2D eigenvalue weighted by molar-refractivity contribution is 9.09. The third-order valence-corrected chi connectivity index (χ3v) is 2.47. The van der Waals surface area contributed by atoms with Gasteiger partial charge in [-0.05, 0) is 13.8 Å². The van der Waals surface area contributed by atoms with E-state index in [9.17, 15) is 9.90 Å². The van der Waals surface area contributed by atoms with E-state index in [0.717, 1.165) is 0 Å². The summed E-state index contributed by atoms with van der Waals surface area (Å²) in [7, 11) is 0. The minimum atomic E-state index is -0.823. The highest BCUT2D eigenvalue weighted by atomic mass is 79.9. The predicted octanol–water partition coefficient (Wildman–Crippen LogP) is 1.59. The number of alkyl halides is 1. The van der Waals surface area contributed by atoms with Crippen molar-refractivity contribution in [3.63, 3.8) is 0 Å². The number of carbonyl (C=O) groups is 1. The summed E-state index contributed by atoms with van der Waals surface area (Å²) in [6, 6.07) is 0. The van der Waals surface area contributed by atoms with Crippen molar-refractivity contribution < 1.29 is 19.2 Å². The molecule has 5 nitrogen and oxygen atoms in total. The average molecular weight is 278 g/mol. The first-order chi connectivity index (χ1) is 7.11. The molecule has 0 fully saturated rings. The Morgan fingerprint density at radius 3 is 2.93 bits per heavy atom. The van der Waals surface area contributed by atoms with Gasteiger partial charge in [0.15, 0.2) is 5.69 Å². The van der Waals surface area contributed by atoms with Crippen molar-refractivity contribution >= 4 is 21.9 Å². The van der Waals surface area contributed by atoms with Crippen LogP contribution in [-0.2, 0) is 4.74 Å². The Bertz CT molecular complexity index is 350. The van der Waals surface area contributed by atoms with Crippen molar-refractivity contribution in [2.45, 2.75) is 20.0 Å². The van der Waals surface area contributed by atoms with Crippen molar-refractivity contribution in [2.75, 3.05) is 11.9 Å². The molecule has 0 saturated heterocycles. The number of halogens is 1. The van der Waals surface area contributed by atoms with Crippen LogP contribution in [0.4, 0.5) is 0 Å². The van der Waals surface area contributed by atoms with Gasteiger partial charge in [-0.25, -0.2) is 4.79 Å². The number of esters is 1. The fourth-order valence-corrected chi connectivity index (χ4v) is 1.52. The summed E-state index contributed by atoms with van der Waals surface area (Å²) in [5, 5.41) is 13.5. The SMILES string of the molecule is CCOC(=O)c1noc(C)c1C(O)CBr. The second kappa shape index (κ2) is 5.27. The molecule has 84 valence electrons. The van der Waals surface area contributed by atoms with Crippen molar-refractivity contribution in [3.8, 4) is 0 Å². The van der Waals surface area contributed by atoms with E-state index in [1.54, 1.807) is 13.8 Å². The van der Waals surface area contributed by atoms with Gasteiger partial charge in [-0.2, -0.15) is 0 Å². The van der Waals surface area contributed by atoms with Crippen molar-refractivity contribution in [3.05, 3.63) is 17.0 Å². The van der Waals surface area contributed by atoms with Crippen LogP contribution < -0.4 is 0 Å². The molecule has 15 heavy (non-hydrogen) atoms. The molecule has 1 atom stereocenters. The van der Waals surface area contributed by atoms with Crippen LogP contribution in [0.3, 0.4) is 0 Å². The number of nitrogens with zero attached hydrogens (tertiary/aromatic N) is 1. The molecule has 1 unspecified atom stereocenters.